The number of nitrogens with one attached hydrogen (secondary N) is 2. The molecule has 0 saturated carbocycles. The number of carbonyl (C=O) groups is 3. The molecule has 1 aliphatic rings. The van der Waals surface area contributed by atoms with Gasteiger partial charge in [-0.3, -0.25) is 9.59 Å². The maximum atomic E-state index is 13.2. The Morgan fingerprint density at radius 2 is 1.86 bits per heavy atom. The van der Waals surface area contributed by atoms with Gasteiger partial charge in [0.15, 0.2) is 0 Å². The van der Waals surface area contributed by atoms with Crippen molar-refractivity contribution in [3.05, 3.63) is 58.6 Å². The van der Waals surface area contributed by atoms with E-state index in [2.05, 4.69) is 10.6 Å². The number of amides is 4. The van der Waals surface area contributed by atoms with Crippen molar-refractivity contribution in [3.63, 3.8) is 0 Å². The van der Waals surface area contributed by atoms with Crippen molar-refractivity contribution in [1.29, 1.82) is 0 Å². The van der Waals surface area contributed by atoms with Gasteiger partial charge >= 0.3 is 6.03 Å². The summed E-state index contributed by atoms with van der Waals surface area (Å²) < 4.78 is 10.6. The number of imide groups is 1. The summed E-state index contributed by atoms with van der Waals surface area (Å²) in [5.41, 5.74) is 1.81. The summed E-state index contributed by atoms with van der Waals surface area (Å²) in [6.07, 6.45) is -0.781. The van der Waals surface area contributed by atoms with E-state index in [0.717, 1.165) is 10.5 Å². The molecule has 1 heterocycles. The van der Waals surface area contributed by atoms with Crippen LogP contribution in [0.4, 0.5) is 10.5 Å². The molecule has 3 N–H and O–H groups in total. The number of halogens is 1. The number of rotatable bonds is 9. The highest BCUT2D eigenvalue weighted by Crippen LogP contribution is 2.28. The van der Waals surface area contributed by atoms with E-state index in [4.69, 9.17) is 26.2 Å². The second-order valence-electron chi connectivity index (χ2n) is 7.59. The quantitative estimate of drug-likeness (QED) is 0.447. The van der Waals surface area contributed by atoms with Gasteiger partial charge in [-0.2, -0.15) is 0 Å². The molecule has 0 aliphatic carbocycles. The number of ether oxygens (including phenoxy) is 2. The second kappa shape index (κ2) is 13.1. The van der Waals surface area contributed by atoms with Gasteiger partial charge in [0.2, 0.25) is 5.91 Å². The van der Waals surface area contributed by atoms with Crippen LogP contribution in [0.25, 0.3) is 0 Å². The molecule has 1 saturated heterocycles. The Morgan fingerprint density at radius 1 is 1.20 bits per heavy atom. The molecule has 3 atom stereocenters. The first kappa shape index (κ1) is 28.1. The zero-order valence-electron chi connectivity index (χ0n) is 20.5. The van der Waals surface area contributed by atoms with Crippen LogP contribution in [0.15, 0.2) is 42.5 Å². The minimum Gasteiger partial charge on any atom is -0.491 e. The van der Waals surface area contributed by atoms with Gasteiger partial charge in [0.25, 0.3) is 5.91 Å². The van der Waals surface area contributed by atoms with Crippen LogP contribution in [0.5, 0.6) is 5.75 Å². The summed E-state index contributed by atoms with van der Waals surface area (Å²) in [5, 5.41) is 14.5. The smallest absolute Gasteiger partial charge is 0.325 e. The minimum atomic E-state index is -1.22. The first-order valence-electron chi connectivity index (χ1n) is 11.3. The fourth-order valence-corrected chi connectivity index (χ4v) is 3.78. The maximum Gasteiger partial charge on any atom is 0.325 e. The van der Waals surface area contributed by atoms with Gasteiger partial charge in [0, 0.05) is 7.11 Å². The van der Waals surface area contributed by atoms with Gasteiger partial charge in [0.1, 0.15) is 24.4 Å². The van der Waals surface area contributed by atoms with Crippen molar-refractivity contribution < 1.29 is 29.0 Å². The first-order valence-corrected chi connectivity index (χ1v) is 11.7. The summed E-state index contributed by atoms with van der Waals surface area (Å²) in [6.45, 7) is 7.49. The molecule has 0 aromatic heterocycles. The molecule has 35 heavy (non-hydrogen) atoms. The predicted molar refractivity (Wildman–Crippen MR) is 134 cm³/mol. The van der Waals surface area contributed by atoms with Crippen molar-refractivity contribution in [3.8, 4) is 5.75 Å². The third-order valence-corrected chi connectivity index (χ3v) is 5.60. The third kappa shape index (κ3) is 6.72. The Hall–Kier alpha value is -3.14. The summed E-state index contributed by atoms with van der Waals surface area (Å²) in [6, 6.07) is 8.79. The summed E-state index contributed by atoms with van der Waals surface area (Å²) in [5.74, 6) is -0.670. The lowest BCUT2D eigenvalue weighted by Gasteiger charge is -2.28. The lowest BCUT2D eigenvalue weighted by molar-refractivity contribution is -0.137. The van der Waals surface area contributed by atoms with Crippen LogP contribution < -0.4 is 15.4 Å². The molecular weight excluding hydrogens is 474 g/mol. The topological polar surface area (TPSA) is 117 Å². The molecular formula is C25H32ClN3O6. The zero-order chi connectivity index (χ0) is 26.1. The molecule has 2 aromatic carbocycles. The fourth-order valence-electron chi connectivity index (χ4n) is 3.50. The van der Waals surface area contributed by atoms with Gasteiger partial charge in [-0.25, -0.2) is 9.69 Å². The predicted octanol–water partition coefficient (Wildman–Crippen LogP) is 3.68. The highest BCUT2D eigenvalue weighted by atomic mass is 35.5. The average molecular weight is 506 g/mol. The van der Waals surface area contributed by atoms with Crippen LogP contribution in [0.3, 0.4) is 0 Å². The van der Waals surface area contributed by atoms with Crippen molar-refractivity contribution in [2.24, 2.45) is 0 Å². The number of anilines is 1. The molecule has 10 heteroatoms. The van der Waals surface area contributed by atoms with Crippen molar-refractivity contribution in [2.45, 2.75) is 45.9 Å². The van der Waals surface area contributed by atoms with Crippen LogP contribution in [-0.2, 0) is 14.3 Å². The molecule has 1 fully saturated rings. The summed E-state index contributed by atoms with van der Waals surface area (Å²) in [4.78, 5) is 40.0. The van der Waals surface area contributed by atoms with Crippen LogP contribution in [-0.4, -0.2) is 60.3 Å². The number of methoxy groups -OCH3 is 1. The number of hydrogen-bond acceptors (Lipinski definition) is 6. The van der Waals surface area contributed by atoms with Gasteiger partial charge in [0.05, 0.1) is 23.4 Å². The lowest BCUT2D eigenvalue weighted by Crippen LogP contribution is -2.53. The Morgan fingerprint density at radius 3 is 2.43 bits per heavy atom. The molecule has 3 rings (SSSR count). The van der Waals surface area contributed by atoms with E-state index in [1.54, 1.807) is 49.4 Å². The monoisotopic (exact) mass is 505 g/mol. The number of nitrogens with zero attached hydrogens (tertiary/aromatic N) is 1. The largest absolute Gasteiger partial charge is 0.491 e. The number of benzene rings is 2. The zero-order valence-corrected chi connectivity index (χ0v) is 21.3. The molecule has 190 valence electrons. The van der Waals surface area contributed by atoms with Crippen molar-refractivity contribution >= 4 is 35.1 Å². The van der Waals surface area contributed by atoms with E-state index in [1.807, 2.05) is 20.8 Å². The van der Waals surface area contributed by atoms with E-state index in [0.29, 0.717) is 22.0 Å². The molecule has 0 radical (unpaired) electrons. The van der Waals surface area contributed by atoms with E-state index in [1.165, 1.54) is 7.11 Å². The van der Waals surface area contributed by atoms with Crippen LogP contribution in [0, 0.1) is 6.92 Å². The van der Waals surface area contributed by atoms with Gasteiger partial charge in [-0.05, 0) is 49.2 Å². The number of aliphatic hydroxyl groups is 1. The summed E-state index contributed by atoms with van der Waals surface area (Å²) in [7, 11) is 1.39. The molecule has 4 amide bonds. The highest BCUT2D eigenvalue weighted by molar-refractivity contribution is 6.33. The standard InChI is InChI=1S/C23H26ClN3O6.C2H6/c1-13-4-9-18(17(24)12-13)25-21(29)20(14(2)32-3)27-22(30)19(26-23(27)31)15-5-7-16(8-6-15)33-11-10-28;1-2/h4-9,12,14,19-20,28H,10-11H2,1-3H3,(H,25,29)(H,26,31);1-2H3/t14?,19-,20?;/m1./s1. The SMILES string of the molecule is CC.COC(C)C(C(=O)Nc1ccc(C)cc1Cl)N1C(=O)N[C@H](c2ccc(OCCO)cc2)C1=O. The number of hydrogen-bond donors (Lipinski definition) is 3. The minimum absolute atomic E-state index is 0.122. The molecule has 1 aliphatic heterocycles. The van der Waals surface area contributed by atoms with Crippen LogP contribution in [0.2, 0.25) is 5.02 Å². The Labute approximate surface area is 210 Å². The van der Waals surface area contributed by atoms with Gasteiger partial charge < -0.3 is 25.2 Å². The number of carbonyl (C=O) groups excluding carboxylic acids is 3. The van der Waals surface area contributed by atoms with Crippen molar-refractivity contribution in [2.75, 3.05) is 25.6 Å². The van der Waals surface area contributed by atoms with E-state index in [9.17, 15) is 14.4 Å². The van der Waals surface area contributed by atoms with E-state index in [-0.39, 0.29) is 13.2 Å². The molecule has 0 bridgehead atoms. The summed E-state index contributed by atoms with van der Waals surface area (Å²) >= 11 is 6.23. The third-order valence-electron chi connectivity index (χ3n) is 5.29. The first-order chi connectivity index (χ1) is 16.8. The molecule has 2 unspecified atom stereocenters. The second-order valence-corrected chi connectivity index (χ2v) is 8.00. The van der Waals surface area contributed by atoms with Crippen LogP contribution in [0.1, 0.15) is 37.9 Å². The van der Waals surface area contributed by atoms with Gasteiger partial charge in [-0.1, -0.05) is 43.6 Å². The highest BCUT2D eigenvalue weighted by Gasteiger charge is 2.47. The van der Waals surface area contributed by atoms with E-state index < -0.39 is 36.0 Å². The Balaban J connectivity index is 0.00000210. The average Bonchev–Trinajstić information content (AvgIpc) is 3.15. The lowest BCUT2D eigenvalue weighted by atomic mass is 10.0. The fraction of sp³-hybridized carbons (Fsp3) is 0.400. The van der Waals surface area contributed by atoms with E-state index >= 15 is 0 Å². The molecule has 2 aromatic rings. The Kier molecular flexibility index (Phi) is 10.5. The maximum absolute atomic E-state index is 13.2. The molecule has 0 spiro atoms. The van der Waals surface area contributed by atoms with Crippen molar-refractivity contribution in [1.82, 2.24) is 10.2 Å². The normalized spacial score (nSPS) is 16.7. The Bertz CT molecular complexity index is 1030. The number of urea groups is 1. The number of aliphatic hydroxyl groups excluding tert-OH is 1. The van der Waals surface area contributed by atoms with Gasteiger partial charge in [-0.15, -0.1) is 0 Å². The molecule has 9 nitrogen and oxygen atoms in total. The number of aryl methyl sites for hydroxylation is 1. The van der Waals surface area contributed by atoms with Crippen LogP contribution >= 0.6 is 11.6 Å².